The summed E-state index contributed by atoms with van der Waals surface area (Å²) in [4.78, 5) is 25.6. The van der Waals surface area contributed by atoms with Crippen molar-refractivity contribution >= 4 is 29.0 Å². The number of hydrogen-bond acceptors (Lipinski definition) is 3. The first-order valence-electron chi connectivity index (χ1n) is 9.67. The molecule has 1 heterocycles. The van der Waals surface area contributed by atoms with Gasteiger partial charge in [-0.25, -0.2) is 4.79 Å². The van der Waals surface area contributed by atoms with Crippen molar-refractivity contribution in [1.82, 2.24) is 10.6 Å². The Morgan fingerprint density at radius 1 is 0.966 bits per heavy atom. The number of para-hydroxylation sites is 1. The summed E-state index contributed by atoms with van der Waals surface area (Å²) in [5.41, 5.74) is 2.98. The highest BCUT2D eigenvalue weighted by Crippen LogP contribution is 2.26. The number of carbonyl (C=O) groups is 2. The molecule has 3 rings (SSSR count). The minimum absolute atomic E-state index is 0.103. The van der Waals surface area contributed by atoms with Crippen molar-refractivity contribution in [1.29, 1.82) is 0 Å². The Kier molecular flexibility index (Phi) is 7.41. The maximum Gasteiger partial charge on any atom is 0.319 e. The summed E-state index contributed by atoms with van der Waals surface area (Å²) in [5, 5.41) is 10.3. The molecule has 3 N–H and O–H groups in total. The summed E-state index contributed by atoms with van der Waals surface area (Å²) < 4.78 is 0. The first-order chi connectivity index (χ1) is 14.2. The van der Waals surface area contributed by atoms with Gasteiger partial charge in [-0.15, -0.1) is 11.3 Å². The van der Waals surface area contributed by atoms with Crippen LogP contribution in [0.2, 0.25) is 0 Å². The Bertz CT molecular complexity index is 909. The van der Waals surface area contributed by atoms with Gasteiger partial charge in [0, 0.05) is 10.6 Å². The van der Waals surface area contributed by atoms with Gasteiger partial charge in [0.2, 0.25) is 5.91 Å². The van der Waals surface area contributed by atoms with E-state index in [1.54, 1.807) is 23.5 Å². The third-order valence-corrected chi connectivity index (χ3v) is 5.36. The van der Waals surface area contributed by atoms with Crippen molar-refractivity contribution < 1.29 is 9.59 Å². The van der Waals surface area contributed by atoms with E-state index in [9.17, 15) is 9.59 Å². The van der Waals surface area contributed by atoms with Gasteiger partial charge in [0.25, 0.3) is 0 Å². The molecule has 3 aromatic rings. The van der Waals surface area contributed by atoms with Crippen LogP contribution < -0.4 is 16.0 Å². The lowest BCUT2D eigenvalue weighted by Crippen LogP contribution is -2.40. The van der Waals surface area contributed by atoms with Gasteiger partial charge >= 0.3 is 6.03 Å². The van der Waals surface area contributed by atoms with E-state index in [1.165, 1.54) is 5.56 Å². The van der Waals surface area contributed by atoms with Gasteiger partial charge in [-0.05, 0) is 41.1 Å². The highest BCUT2D eigenvalue weighted by Gasteiger charge is 2.18. The zero-order valence-electron chi connectivity index (χ0n) is 16.4. The van der Waals surface area contributed by atoms with Crippen molar-refractivity contribution in [2.24, 2.45) is 0 Å². The largest absolute Gasteiger partial charge is 0.343 e. The van der Waals surface area contributed by atoms with Crippen LogP contribution in [0.15, 0.2) is 72.1 Å². The Labute approximate surface area is 175 Å². The van der Waals surface area contributed by atoms with E-state index in [0.717, 1.165) is 23.3 Å². The number of rotatable bonds is 8. The molecule has 29 heavy (non-hydrogen) atoms. The van der Waals surface area contributed by atoms with Crippen LogP contribution in [0.25, 0.3) is 0 Å². The quantitative estimate of drug-likeness (QED) is 0.505. The molecule has 0 aliphatic rings. The number of amides is 3. The minimum atomic E-state index is -0.414. The molecular weight excluding hydrogens is 382 g/mol. The van der Waals surface area contributed by atoms with Crippen LogP contribution in [-0.4, -0.2) is 18.5 Å². The average molecular weight is 408 g/mol. The number of anilines is 1. The average Bonchev–Trinajstić information content (AvgIpc) is 3.27. The second-order valence-electron chi connectivity index (χ2n) is 6.68. The zero-order chi connectivity index (χ0) is 20.5. The lowest BCUT2D eigenvalue weighted by Gasteiger charge is -2.19. The van der Waals surface area contributed by atoms with Gasteiger partial charge in [-0.1, -0.05) is 61.9 Å². The molecule has 0 aliphatic heterocycles. The van der Waals surface area contributed by atoms with E-state index < -0.39 is 6.03 Å². The van der Waals surface area contributed by atoms with E-state index in [4.69, 9.17) is 0 Å². The maximum atomic E-state index is 12.5. The molecule has 150 valence electrons. The molecule has 0 saturated heterocycles. The summed E-state index contributed by atoms with van der Waals surface area (Å²) in [5.74, 6) is -0.246. The van der Waals surface area contributed by atoms with Gasteiger partial charge in [0.1, 0.15) is 0 Å². The lowest BCUT2D eigenvalue weighted by atomic mass is 10.0. The van der Waals surface area contributed by atoms with Crippen molar-refractivity contribution in [2.45, 2.75) is 25.8 Å². The monoisotopic (exact) mass is 407 g/mol. The van der Waals surface area contributed by atoms with Crippen molar-refractivity contribution in [3.05, 3.63) is 88.1 Å². The van der Waals surface area contributed by atoms with Crippen LogP contribution in [0.5, 0.6) is 0 Å². The maximum absolute atomic E-state index is 12.5. The fraction of sp³-hybridized carbons (Fsp3) is 0.217. The Hall–Kier alpha value is -3.12. The van der Waals surface area contributed by atoms with E-state index in [1.807, 2.05) is 35.7 Å². The van der Waals surface area contributed by atoms with E-state index in [2.05, 4.69) is 47.1 Å². The van der Waals surface area contributed by atoms with Crippen molar-refractivity contribution in [3.8, 4) is 0 Å². The summed E-state index contributed by atoms with van der Waals surface area (Å²) in [6, 6.07) is 20.8. The number of carbonyl (C=O) groups excluding carboxylic acids is 2. The first-order valence-corrected chi connectivity index (χ1v) is 10.5. The van der Waals surface area contributed by atoms with E-state index >= 15 is 0 Å². The molecular formula is C23H25N3O2S. The molecule has 1 aromatic heterocycles. The Balaban J connectivity index is 1.60. The molecule has 0 radical (unpaired) electrons. The fourth-order valence-electron chi connectivity index (χ4n) is 3.01. The number of hydrogen-bond donors (Lipinski definition) is 3. The van der Waals surface area contributed by atoms with Crippen molar-refractivity contribution in [3.63, 3.8) is 0 Å². The summed E-state index contributed by atoms with van der Waals surface area (Å²) in [6.07, 6.45) is 2.14. The standard InChI is InChI=1S/C23H25N3O2S/c1-2-7-17-11-13-18(14-12-17)22(20-10-6-15-29-20)26-21(27)16-24-23(28)25-19-8-4-3-5-9-19/h3-6,8-15,22H,2,7,16H2,1H3,(H,26,27)(H2,24,25,28). The predicted molar refractivity (Wildman–Crippen MR) is 118 cm³/mol. The molecule has 5 nitrogen and oxygen atoms in total. The van der Waals surface area contributed by atoms with E-state index in [0.29, 0.717) is 5.69 Å². The number of aryl methyl sites for hydroxylation is 1. The van der Waals surface area contributed by atoms with E-state index in [-0.39, 0.29) is 18.5 Å². The molecule has 6 heteroatoms. The van der Waals surface area contributed by atoms with Gasteiger partial charge < -0.3 is 16.0 Å². The number of thiophene rings is 1. The summed E-state index contributed by atoms with van der Waals surface area (Å²) >= 11 is 1.59. The number of benzene rings is 2. The second-order valence-corrected chi connectivity index (χ2v) is 7.66. The van der Waals surface area contributed by atoms with Gasteiger partial charge in [0.05, 0.1) is 12.6 Å². The van der Waals surface area contributed by atoms with Gasteiger partial charge in [0.15, 0.2) is 0 Å². The third-order valence-electron chi connectivity index (χ3n) is 4.43. The zero-order valence-corrected chi connectivity index (χ0v) is 17.2. The molecule has 1 atom stereocenters. The highest BCUT2D eigenvalue weighted by atomic mass is 32.1. The predicted octanol–water partition coefficient (Wildman–Crippen LogP) is 4.73. The molecule has 3 amide bonds. The topological polar surface area (TPSA) is 70.2 Å². The molecule has 2 aromatic carbocycles. The van der Waals surface area contributed by atoms with Gasteiger partial charge in [-0.3, -0.25) is 4.79 Å². The number of nitrogens with one attached hydrogen (secondary N) is 3. The van der Waals surface area contributed by atoms with Gasteiger partial charge in [-0.2, -0.15) is 0 Å². The molecule has 0 saturated carbocycles. The van der Waals surface area contributed by atoms with Crippen molar-refractivity contribution in [2.75, 3.05) is 11.9 Å². The SMILES string of the molecule is CCCc1ccc(C(NC(=O)CNC(=O)Nc2ccccc2)c2cccs2)cc1. The Morgan fingerprint density at radius 3 is 2.38 bits per heavy atom. The third kappa shape index (κ3) is 6.19. The van der Waals surface area contributed by atoms with Crippen LogP contribution in [-0.2, 0) is 11.2 Å². The van der Waals surface area contributed by atoms with Crippen LogP contribution in [0, 0.1) is 0 Å². The summed E-state index contributed by atoms with van der Waals surface area (Å²) in [7, 11) is 0. The highest BCUT2D eigenvalue weighted by molar-refractivity contribution is 7.10. The summed E-state index contributed by atoms with van der Waals surface area (Å²) in [6.45, 7) is 2.05. The smallest absolute Gasteiger partial charge is 0.319 e. The lowest BCUT2D eigenvalue weighted by molar-refractivity contribution is -0.120. The Morgan fingerprint density at radius 2 is 1.72 bits per heavy atom. The molecule has 0 spiro atoms. The number of urea groups is 1. The second kappa shape index (κ2) is 10.4. The molecule has 0 bridgehead atoms. The van der Waals surface area contributed by atoms with Crippen LogP contribution in [0.4, 0.5) is 10.5 Å². The molecule has 0 aliphatic carbocycles. The van der Waals surface area contributed by atoms with Crippen LogP contribution in [0.1, 0.15) is 35.4 Å². The fourth-order valence-corrected chi connectivity index (χ4v) is 3.81. The first kappa shape index (κ1) is 20.6. The van der Waals surface area contributed by atoms with Crippen LogP contribution in [0.3, 0.4) is 0 Å². The normalized spacial score (nSPS) is 11.5. The van der Waals surface area contributed by atoms with Crippen LogP contribution >= 0.6 is 11.3 Å². The molecule has 0 fully saturated rings. The minimum Gasteiger partial charge on any atom is -0.343 e. The molecule has 1 unspecified atom stereocenters.